The maximum absolute atomic E-state index is 13.1. The second-order valence-corrected chi connectivity index (χ2v) is 4.52. The Morgan fingerprint density at radius 3 is 3.00 bits per heavy atom. The van der Waals surface area contributed by atoms with Crippen LogP contribution in [-0.4, -0.2) is 19.3 Å². The number of halogens is 1. The van der Waals surface area contributed by atoms with Crippen LogP contribution in [0.2, 0.25) is 0 Å². The summed E-state index contributed by atoms with van der Waals surface area (Å²) < 4.78 is 18.5. The molecule has 0 amide bonds. The van der Waals surface area contributed by atoms with Gasteiger partial charge in [0.1, 0.15) is 5.82 Å². The lowest BCUT2D eigenvalue weighted by Crippen LogP contribution is -2.26. The average Bonchev–Trinajstić information content (AvgIpc) is 2.76. The highest BCUT2D eigenvalue weighted by molar-refractivity contribution is 5.51. The van der Waals surface area contributed by atoms with Gasteiger partial charge in [-0.3, -0.25) is 0 Å². The minimum atomic E-state index is -0.192. The third kappa shape index (κ3) is 2.53. The van der Waals surface area contributed by atoms with Crippen molar-refractivity contribution in [3.63, 3.8) is 0 Å². The van der Waals surface area contributed by atoms with Crippen LogP contribution in [0.4, 0.5) is 10.1 Å². The molecule has 1 heterocycles. The molecule has 2 unspecified atom stereocenters. The van der Waals surface area contributed by atoms with E-state index in [1.54, 1.807) is 12.1 Å². The monoisotopic (exact) mass is 223 g/mol. The second-order valence-electron chi connectivity index (χ2n) is 4.52. The SMILES string of the molecule is Cc1ccc(F)cc1NC(C)C1CCOC1. The highest BCUT2D eigenvalue weighted by atomic mass is 19.1. The number of nitrogens with one attached hydrogen (secondary N) is 1. The van der Waals surface area contributed by atoms with Crippen LogP contribution in [-0.2, 0) is 4.74 Å². The molecule has 16 heavy (non-hydrogen) atoms. The van der Waals surface area contributed by atoms with E-state index in [2.05, 4.69) is 12.2 Å². The molecule has 2 atom stereocenters. The minimum Gasteiger partial charge on any atom is -0.382 e. The van der Waals surface area contributed by atoms with Gasteiger partial charge in [0.25, 0.3) is 0 Å². The average molecular weight is 223 g/mol. The second kappa shape index (κ2) is 4.83. The molecule has 0 aromatic heterocycles. The lowest BCUT2D eigenvalue weighted by Gasteiger charge is -2.21. The van der Waals surface area contributed by atoms with E-state index in [0.717, 1.165) is 30.9 Å². The molecule has 1 N–H and O–H groups in total. The van der Waals surface area contributed by atoms with Gasteiger partial charge in [-0.25, -0.2) is 4.39 Å². The van der Waals surface area contributed by atoms with Crippen molar-refractivity contribution in [2.75, 3.05) is 18.5 Å². The van der Waals surface area contributed by atoms with Crippen LogP contribution < -0.4 is 5.32 Å². The largest absolute Gasteiger partial charge is 0.382 e. The molecular weight excluding hydrogens is 205 g/mol. The molecule has 2 rings (SSSR count). The Labute approximate surface area is 95.8 Å². The molecule has 1 saturated heterocycles. The standard InChI is InChI=1S/C13H18FNO/c1-9-3-4-12(14)7-13(9)15-10(2)11-5-6-16-8-11/h3-4,7,10-11,15H,5-6,8H2,1-2H3. The Balaban J connectivity index is 2.04. The van der Waals surface area contributed by atoms with Crippen LogP contribution in [0.25, 0.3) is 0 Å². The fourth-order valence-corrected chi connectivity index (χ4v) is 2.06. The zero-order chi connectivity index (χ0) is 11.5. The van der Waals surface area contributed by atoms with E-state index in [0.29, 0.717) is 12.0 Å². The summed E-state index contributed by atoms with van der Waals surface area (Å²) in [5.74, 6) is 0.339. The number of hydrogen-bond acceptors (Lipinski definition) is 2. The van der Waals surface area contributed by atoms with Gasteiger partial charge < -0.3 is 10.1 Å². The van der Waals surface area contributed by atoms with Crippen LogP contribution in [0.5, 0.6) is 0 Å². The molecule has 0 spiro atoms. The number of aryl methyl sites for hydroxylation is 1. The Morgan fingerprint density at radius 1 is 1.50 bits per heavy atom. The summed E-state index contributed by atoms with van der Waals surface area (Å²) in [6.07, 6.45) is 1.09. The van der Waals surface area contributed by atoms with Crippen LogP contribution in [0.15, 0.2) is 18.2 Å². The van der Waals surface area contributed by atoms with Gasteiger partial charge in [-0.1, -0.05) is 6.07 Å². The molecule has 0 radical (unpaired) electrons. The summed E-state index contributed by atoms with van der Waals surface area (Å²) in [6.45, 7) is 5.77. The minimum absolute atomic E-state index is 0.192. The van der Waals surface area contributed by atoms with Gasteiger partial charge in [-0.05, 0) is 38.0 Å². The Kier molecular flexibility index (Phi) is 3.44. The van der Waals surface area contributed by atoms with Gasteiger partial charge in [0, 0.05) is 24.3 Å². The van der Waals surface area contributed by atoms with Crippen molar-refractivity contribution in [3.05, 3.63) is 29.6 Å². The molecule has 1 aliphatic heterocycles. The molecular formula is C13H18FNO. The van der Waals surface area contributed by atoms with Crippen LogP contribution in [0.3, 0.4) is 0 Å². The highest BCUT2D eigenvalue weighted by Gasteiger charge is 2.22. The molecule has 0 bridgehead atoms. The van der Waals surface area contributed by atoms with Crippen molar-refractivity contribution in [3.8, 4) is 0 Å². The maximum Gasteiger partial charge on any atom is 0.125 e. The van der Waals surface area contributed by atoms with E-state index < -0.39 is 0 Å². The topological polar surface area (TPSA) is 21.3 Å². The van der Waals surface area contributed by atoms with E-state index >= 15 is 0 Å². The van der Waals surface area contributed by atoms with E-state index in [4.69, 9.17) is 4.74 Å². The van der Waals surface area contributed by atoms with Crippen LogP contribution in [0.1, 0.15) is 18.9 Å². The predicted molar refractivity (Wildman–Crippen MR) is 63.1 cm³/mol. The first-order valence-corrected chi connectivity index (χ1v) is 5.77. The molecule has 1 fully saturated rings. The van der Waals surface area contributed by atoms with Crippen LogP contribution in [0, 0.1) is 18.7 Å². The third-order valence-electron chi connectivity index (χ3n) is 3.25. The maximum atomic E-state index is 13.1. The molecule has 1 aliphatic rings. The quantitative estimate of drug-likeness (QED) is 0.850. The lowest BCUT2D eigenvalue weighted by atomic mass is 10.00. The fraction of sp³-hybridized carbons (Fsp3) is 0.538. The number of anilines is 1. The van der Waals surface area contributed by atoms with Gasteiger partial charge in [-0.15, -0.1) is 0 Å². The van der Waals surface area contributed by atoms with E-state index in [1.807, 2.05) is 6.92 Å². The molecule has 3 heteroatoms. The Morgan fingerprint density at radius 2 is 2.31 bits per heavy atom. The highest BCUT2D eigenvalue weighted by Crippen LogP contribution is 2.22. The van der Waals surface area contributed by atoms with Crippen molar-refractivity contribution in [2.45, 2.75) is 26.3 Å². The van der Waals surface area contributed by atoms with Gasteiger partial charge in [-0.2, -0.15) is 0 Å². The van der Waals surface area contributed by atoms with Gasteiger partial charge in [0.15, 0.2) is 0 Å². The number of ether oxygens (including phenoxy) is 1. The van der Waals surface area contributed by atoms with Crippen molar-refractivity contribution >= 4 is 5.69 Å². The van der Waals surface area contributed by atoms with E-state index in [1.165, 1.54) is 6.07 Å². The fourth-order valence-electron chi connectivity index (χ4n) is 2.06. The molecule has 0 aliphatic carbocycles. The van der Waals surface area contributed by atoms with Crippen molar-refractivity contribution in [1.29, 1.82) is 0 Å². The van der Waals surface area contributed by atoms with Crippen molar-refractivity contribution < 1.29 is 9.13 Å². The first kappa shape index (κ1) is 11.4. The smallest absolute Gasteiger partial charge is 0.125 e. The molecule has 2 nitrogen and oxygen atoms in total. The van der Waals surface area contributed by atoms with Crippen molar-refractivity contribution in [2.24, 2.45) is 5.92 Å². The van der Waals surface area contributed by atoms with Gasteiger partial charge in [0.05, 0.1) is 6.61 Å². The van der Waals surface area contributed by atoms with Crippen molar-refractivity contribution in [1.82, 2.24) is 0 Å². The summed E-state index contributed by atoms with van der Waals surface area (Å²) in [7, 11) is 0. The molecule has 88 valence electrons. The molecule has 1 aromatic carbocycles. The third-order valence-corrected chi connectivity index (χ3v) is 3.25. The first-order chi connectivity index (χ1) is 7.66. The summed E-state index contributed by atoms with van der Waals surface area (Å²) in [5.41, 5.74) is 1.96. The zero-order valence-electron chi connectivity index (χ0n) is 9.79. The van der Waals surface area contributed by atoms with Crippen LogP contribution >= 0.6 is 0 Å². The lowest BCUT2D eigenvalue weighted by molar-refractivity contribution is 0.183. The zero-order valence-corrected chi connectivity index (χ0v) is 9.79. The predicted octanol–water partition coefficient (Wildman–Crippen LogP) is 2.97. The summed E-state index contributed by atoms with van der Waals surface area (Å²) >= 11 is 0. The van der Waals surface area contributed by atoms with Gasteiger partial charge in [0.2, 0.25) is 0 Å². The molecule has 0 saturated carbocycles. The molecule has 1 aromatic rings. The number of hydrogen-bond donors (Lipinski definition) is 1. The Hall–Kier alpha value is -1.09. The summed E-state index contributed by atoms with van der Waals surface area (Å²) in [4.78, 5) is 0. The normalized spacial score (nSPS) is 22.1. The van der Waals surface area contributed by atoms with E-state index in [9.17, 15) is 4.39 Å². The summed E-state index contributed by atoms with van der Waals surface area (Å²) in [6, 6.07) is 5.17. The summed E-state index contributed by atoms with van der Waals surface area (Å²) in [5, 5.41) is 3.37. The first-order valence-electron chi connectivity index (χ1n) is 5.77. The number of benzene rings is 1. The Bertz CT molecular complexity index is 361. The van der Waals surface area contributed by atoms with E-state index in [-0.39, 0.29) is 5.82 Å². The van der Waals surface area contributed by atoms with Gasteiger partial charge >= 0.3 is 0 Å². The number of rotatable bonds is 3.